The number of aryl methyl sites for hydroxylation is 1. The molecule has 0 saturated carbocycles. The van der Waals surface area contributed by atoms with Crippen LogP contribution in [0.15, 0.2) is 54.9 Å². The lowest BCUT2D eigenvalue weighted by Crippen LogP contribution is -2.57. The zero-order chi connectivity index (χ0) is 24.5. The zero-order valence-corrected chi connectivity index (χ0v) is 20.3. The molecule has 35 heavy (non-hydrogen) atoms. The van der Waals surface area contributed by atoms with Crippen LogP contribution in [0, 0.1) is 12.7 Å². The van der Waals surface area contributed by atoms with Crippen molar-refractivity contribution in [2.75, 3.05) is 24.5 Å². The number of rotatable bonds is 4. The highest BCUT2D eigenvalue weighted by atomic mass is 19.1. The van der Waals surface area contributed by atoms with Crippen molar-refractivity contribution in [3.8, 4) is 0 Å². The molecule has 1 aromatic heterocycles. The van der Waals surface area contributed by atoms with E-state index in [0.717, 1.165) is 33.8 Å². The summed E-state index contributed by atoms with van der Waals surface area (Å²) in [7, 11) is 0. The van der Waals surface area contributed by atoms with Crippen LogP contribution in [0.5, 0.6) is 0 Å². The summed E-state index contributed by atoms with van der Waals surface area (Å²) in [4.78, 5) is 26.3. The van der Waals surface area contributed by atoms with Gasteiger partial charge in [-0.1, -0.05) is 42.0 Å². The van der Waals surface area contributed by atoms with E-state index in [2.05, 4.69) is 64.4 Å². The van der Waals surface area contributed by atoms with Crippen molar-refractivity contribution in [3.63, 3.8) is 0 Å². The molecule has 180 valence electrons. The topological polar surface area (TPSA) is 61.4 Å². The summed E-state index contributed by atoms with van der Waals surface area (Å²) in [5.74, 6) is 0.654. The monoisotopic (exact) mass is 471 g/mol. The molecule has 2 aliphatic rings. The lowest BCUT2D eigenvalue weighted by atomic mass is 10.1. The minimum atomic E-state index is -0.241. The second-order valence-corrected chi connectivity index (χ2v) is 9.48. The van der Waals surface area contributed by atoms with Crippen molar-refractivity contribution in [2.24, 2.45) is 0 Å². The Morgan fingerprint density at radius 1 is 1.09 bits per heavy atom. The Bertz CT molecular complexity index is 1260. The van der Waals surface area contributed by atoms with Crippen LogP contribution in [0.2, 0.25) is 0 Å². The Kier molecular flexibility index (Phi) is 6.24. The normalized spacial score (nSPS) is 18.2. The number of nitrogens with zero attached hydrogens (tertiary/aromatic N) is 4. The molecule has 1 aliphatic heterocycles. The van der Waals surface area contributed by atoms with E-state index in [-0.39, 0.29) is 23.9 Å². The fraction of sp³-hybridized carbons (Fsp3) is 0.321. The number of piperazine rings is 1. The van der Waals surface area contributed by atoms with Crippen molar-refractivity contribution >= 4 is 23.5 Å². The largest absolute Gasteiger partial charge is 0.352 e. The molecule has 2 heterocycles. The Labute approximate surface area is 205 Å². The molecule has 0 spiro atoms. The summed E-state index contributed by atoms with van der Waals surface area (Å²) < 4.78 is 13.4. The number of carbonyl (C=O) groups excluding carboxylic acids is 1. The molecule has 2 aromatic carbocycles. The van der Waals surface area contributed by atoms with E-state index in [0.29, 0.717) is 26.1 Å². The maximum atomic E-state index is 13.4. The smallest absolute Gasteiger partial charge is 0.318 e. The van der Waals surface area contributed by atoms with E-state index in [1.165, 1.54) is 17.7 Å². The minimum absolute atomic E-state index is 0.0292. The highest BCUT2D eigenvalue weighted by molar-refractivity contribution is 5.91. The summed E-state index contributed by atoms with van der Waals surface area (Å²) in [6.45, 7) is 8.14. The van der Waals surface area contributed by atoms with Gasteiger partial charge in [0, 0.05) is 37.7 Å². The SMILES string of the molecule is Cc1ccc([C@H](C)NC(=O)N2CCN(c3ncnc4c3C=C(c3ccc(F)cc3)C4)C[C@H]2C)cc1. The first-order chi connectivity index (χ1) is 16.9. The van der Waals surface area contributed by atoms with Gasteiger partial charge in [0.05, 0.1) is 11.7 Å². The molecule has 1 saturated heterocycles. The van der Waals surface area contributed by atoms with E-state index in [9.17, 15) is 9.18 Å². The molecule has 1 N–H and O–H groups in total. The highest BCUT2D eigenvalue weighted by Gasteiger charge is 2.31. The molecular formula is C28H30FN5O. The summed E-state index contributed by atoms with van der Waals surface area (Å²) in [6.07, 6.45) is 4.43. The van der Waals surface area contributed by atoms with E-state index >= 15 is 0 Å². The number of allylic oxidation sites excluding steroid dienone is 1. The molecule has 1 aliphatic carbocycles. The number of nitrogens with one attached hydrogen (secondary N) is 1. The summed E-state index contributed by atoms with van der Waals surface area (Å²) >= 11 is 0. The predicted molar refractivity (Wildman–Crippen MR) is 137 cm³/mol. The minimum Gasteiger partial charge on any atom is -0.352 e. The first kappa shape index (κ1) is 23.0. The maximum absolute atomic E-state index is 13.4. The molecule has 0 radical (unpaired) electrons. The predicted octanol–water partition coefficient (Wildman–Crippen LogP) is 5.00. The third kappa shape index (κ3) is 4.76. The van der Waals surface area contributed by atoms with Crippen LogP contribution < -0.4 is 10.2 Å². The number of urea groups is 1. The van der Waals surface area contributed by atoms with Crippen molar-refractivity contribution < 1.29 is 9.18 Å². The molecule has 3 aromatic rings. The number of hydrogen-bond acceptors (Lipinski definition) is 4. The second-order valence-electron chi connectivity index (χ2n) is 9.48. The van der Waals surface area contributed by atoms with Crippen molar-refractivity contribution in [1.29, 1.82) is 0 Å². The third-order valence-electron chi connectivity index (χ3n) is 6.94. The fourth-order valence-electron chi connectivity index (χ4n) is 4.88. The van der Waals surface area contributed by atoms with E-state index < -0.39 is 0 Å². The van der Waals surface area contributed by atoms with E-state index in [1.807, 2.05) is 11.8 Å². The second kappa shape index (κ2) is 9.49. The number of hydrogen-bond donors (Lipinski definition) is 1. The third-order valence-corrected chi connectivity index (χ3v) is 6.94. The van der Waals surface area contributed by atoms with Gasteiger partial charge in [-0.05, 0) is 55.7 Å². The van der Waals surface area contributed by atoms with E-state index in [4.69, 9.17) is 0 Å². The standard InChI is InChI=1S/C28H30FN5O/c1-18-4-6-21(7-5-18)20(3)32-28(35)34-13-12-33(16-19(34)2)27-25-14-23(15-26(25)30-17-31-27)22-8-10-24(29)11-9-22/h4-11,14,17,19-20H,12-13,15-16H2,1-3H3,(H,32,35)/t19-,20+/m1/s1. The number of benzene rings is 2. The summed E-state index contributed by atoms with van der Waals surface area (Å²) in [5.41, 5.74) is 6.40. The number of halogens is 1. The molecule has 2 amide bonds. The van der Waals surface area contributed by atoms with Gasteiger partial charge in [0.2, 0.25) is 0 Å². The van der Waals surface area contributed by atoms with Crippen LogP contribution in [-0.4, -0.2) is 46.6 Å². The van der Waals surface area contributed by atoms with Crippen LogP contribution in [0.1, 0.15) is 47.8 Å². The number of fused-ring (bicyclic) bond motifs is 1. The van der Waals surface area contributed by atoms with Gasteiger partial charge in [-0.3, -0.25) is 0 Å². The van der Waals surface area contributed by atoms with Gasteiger partial charge in [0.1, 0.15) is 18.0 Å². The molecule has 7 heteroatoms. The molecule has 0 bridgehead atoms. The quantitative estimate of drug-likeness (QED) is 0.582. The lowest BCUT2D eigenvalue weighted by molar-refractivity contribution is 0.168. The molecule has 1 fully saturated rings. The zero-order valence-electron chi connectivity index (χ0n) is 20.3. The van der Waals surface area contributed by atoms with Crippen LogP contribution >= 0.6 is 0 Å². The van der Waals surface area contributed by atoms with Gasteiger partial charge in [0.25, 0.3) is 0 Å². The van der Waals surface area contributed by atoms with Crippen LogP contribution in [0.3, 0.4) is 0 Å². The summed E-state index contributed by atoms with van der Waals surface area (Å²) in [5, 5.41) is 3.15. The average Bonchev–Trinajstić information content (AvgIpc) is 3.29. The molecule has 2 atom stereocenters. The van der Waals surface area contributed by atoms with Gasteiger partial charge in [0.15, 0.2) is 0 Å². The van der Waals surface area contributed by atoms with Gasteiger partial charge >= 0.3 is 6.03 Å². The Hall–Kier alpha value is -3.74. The van der Waals surface area contributed by atoms with Gasteiger partial charge in [-0.2, -0.15) is 0 Å². The first-order valence-corrected chi connectivity index (χ1v) is 12.1. The number of amides is 2. The first-order valence-electron chi connectivity index (χ1n) is 12.1. The van der Waals surface area contributed by atoms with E-state index in [1.54, 1.807) is 18.5 Å². The van der Waals surface area contributed by atoms with Gasteiger partial charge in [-0.25, -0.2) is 19.2 Å². The number of carbonyl (C=O) groups is 1. The van der Waals surface area contributed by atoms with Crippen molar-refractivity contribution in [3.05, 3.63) is 88.6 Å². The van der Waals surface area contributed by atoms with Crippen molar-refractivity contribution in [2.45, 2.75) is 39.3 Å². The maximum Gasteiger partial charge on any atom is 0.318 e. The summed E-state index contributed by atoms with van der Waals surface area (Å²) in [6, 6.07) is 14.7. The molecular weight excluding hydrogens is 441 g/mol. The van der Waals surface area contributed by atoms with Crippen LogP contribution in [-0.2, 0) is 6.42 Å². The lowest BCUT2D eigenvalue weighted by Gasteiger charge is -2.41. The number of anilines is 1. The Morgan fingerprint density at radius 2 is 1.83 bits per heavy atom. The Balaban J connectivity index is 1.27. The van der Waals surface area contributed by atoms with Gasteiger partial charge in [-0.15, -0.1) is 0 Å². The van der Waals surface area contributed by atoms with Crippen LogP contribution in [0.25, 0.3) is 11.6 Å². The van der Waals surface area contributed by atoms with Gasteiger partial charge < -0.3 is 15.1 Å². The molecule has 6 nitrogen and oxygen atoms in total. The Morgan fingerprint density at radius 3 is 2.54 bits per heavy atom. The number of aromatic nitrogens is 2. The average molecular weight is 472 g/mol. The highest BCUT2D eigenvalue weighted by Crippen LogP contribution is 2.35. The molecule has 0 unspecified atom stereocenters. The molecule has 5 rings (SSSR count). The van der Waals surface area contributed by atoms with Crippen molar-refractivity contribution in [1.82, 2.24) is 20.2 Å². The van der Waals surface area contributed by atoms with Crippen LogP contribution in [0.4, 0.5) is 15.0 Å². The fourth-order valence-corrected chi connectivity index (χ4v) is 4.88.